The Morgan fingerprint density at radius 2 is 1.76 bits per heavy atom. The van der Waals surface area contributed by atoms with Gasteiger partial charge in [-0.3, -0.25) is 9.48 Å². The van der Waals surface area contributed by atoms with Crippen molar-refractivity contribution in [2.75, 3.05) is 13.7 Å². The predicted molar refractivity (Wildman–Crippen MR) is 128 cm³/mol. The molecule has 0 N–H and O–H groups in total. The molecule has 5 nitrogen and oxygen atoms in total. The third-order valence-corrected chi connectivity index (χ3v) is 8.34. The van der Waals surface area contributed by atoms with Gasteiger partial charge in [-0.1, -0.05) is 30.3 Å². The summed E-state index contributed by atoms with van der Waals surface area (Å²) in [5.41, 5.74) is 3.32. The van der Waals surface area contributed by atoms with Gasteiger partial charge in [0.15, 0.2) is 0 Å². The van der Waals surface area contributed by atoms with Crippen LogP contribution in [0.3, 0.4) is 0 Å². The second-order valence-corrected chi connectivity index (χ2v) is 10.6. The standard InChI is InChI=1S/C28H32N2O3/c1-32-26(31)18-30-25-8-3-2-7-24(25)27(29-30)22-5-4-6-23(14-22)33-10-9-28-15-19-11-20(16-28)13-21(12-19)17-28/h2-8,14,19-21H,9-13,15-18H2,1H3. The van der Waals surface area contributed by atoms with Gasteiger partial charge in [0.05, 0.1) is 19.2 Å². The zero-order chi connectivity index (χ0) is 22.4. The van der Waals surface area contributed by atoms with E-state index in [-0.39, 0.29) is 12.5 Å². The van der Waals surface area contributed by atoms with Crippen LogP contribution in [0.15, 0.2) is 48.5 Å². The molecule has 1 aromatic heterocycles. The highest BCUT2D eigenvalue weighted by Gasteiger charge is 2.50. The number of esters is 1. The summed E-state index contributed by atoms with van der Waals surface area (Å²) in [5.74, 6) is 3.52. The van der Waals surface area contributed by atoms with Gasteiger partial charge in [-0.2, -0.15) is 5.10 Å². The van der Waals surface area contributed by atoms with E-state index >= 15 is 0 Å². The van der Waals surface area contributed by atoms with E-state index in [1.807, 2.05) is 36.4 Å². The van der Waals surface area contributed by atoms with Crippen molar-refractivity contribution in [2.24, 2.45) is 23.2 Å². The minimum absolute atomic E-state index is 0.0955. The normalized spacial score (nSPS) is 27.7. The van der Waals surface area contributed by atoms with Crippen molar-refractivity contribution in [2.45, 2.75) is 51.5 Å². The predicted octanol–water partition coefficient (Wildman–Crippen LogP) is 5.86. The number of hydrogen-bond acceptors (Lipinski definition) is 4. The van der Waals surface area contributed by atoms with Crippen LogP contribution in [0.25, 0.3) is 22.2 Å². The Balaban J connectivity index is 1.19. The van der Waals surface area contributed by atoms with Crippen LogP contribution in [0.4, 0.5) is 0 Å². The second kappa shape index (κ2) is 8.19. The quantitative estimate of drug-likeness (QED) is 0.428. The zero-order valence-corrected chi connectivity index (χ0v) is 19.3. The summed E-state index contributed by atoms with van der Waals surface area (Å²) in [6.45, 7) is 0.880. The molecule has 0 unspecified atom stereocenters. The van der Waals surface area contributed by atoms with Crippen LogP contribution in [-0.4, -0.2) is 29.5 Å². The molecular weight excluding hydrogens is 412 g/mol. The molecule has 4 saturated carbocycles. The molecule has 4 fully saturated rings. The van der Waals surface area contributed by atoms with Gasteiger partial charge >= 0.3 is 5.97 Å². The second-order valence-electron chi connectivity index (χ2n) is 10.6. The summed E-state index contributed by atoms with van der Waals surface area (Å²) < 4.78 is 12.9. The van der Waals surface area contributed by atoms with Gasteiger partial charge in [0, 0.05) is 10.9 Å². The molecule has 4 aliphatic carbocycles. The third kappa shape index (κ3) is 3.92. The number of hydrogen-bond donors (Lipinski definition) is 0. The smallest absolute Gasteiger partial charge is 0.327 e. The largest absolute Gasteiger partial charge is 0.494 e. The first-order valence-electron chi connectivity index (χ1n) is 12.4. The fraction of sp³-hybridized carbons (Fsp3) is 0.500. The molecule has 7 rings (SSSR count). The summed E-state index contributed by atoms with van der Waals surface area (Å²) >= 11 is 0. The number of rotatable bonds is 7. The summed E-state index contributed by atoms with van der Waals surface area (Å²) in [4.78, 5) is 11.9. The van der Waals surface area contributed by atoms with Gasteiger partial charge in [-0.05, 0) is 86.3 Å². The molecule has 4 bridgehead atoms. The monoisotopic (exact) mass is 444 g/mol. The fourth-order valence-electron chi connectivity index (χ4n) is 7.36. The van der Waals surface area contributed by atoms with Crippen LogP contribution >= 0.6 is 0 Å². The van der Waals surface area contributed by atoms with Gasteiger partial charge in [0.25, 0.3) is 0 Å². The molecule has 0 spiro atoms. The molecule has 2 aromatic carbocycles. The van der Waals surface area contributed by atoms with E-state index < -0.39 is 0 Å². The van der Waals surface area contributed by atoms with Crippen molar-refractivity contribution >= 4 is 16.9 Å². The van der Waals surface area contributed by atoms with Crippen molar-refractivity contribution in [3.8, 4) is 17.0 Å². The fourth-order valence-corrected chi connectivity index (χ4v) is 7.36. The number of fused-ring (bicyclic) bond motifs is 1. The van der Waals surface area contributed by atoms with Crippen molar-refractivity contribution in [3.05, 3.63) is 48.5 Å². The number of para-hydroxylation sites is 1. The van der Waals surface area contributed by atoms with E-state index in [2.05, 4.69) is 12.1 Å². The minimum Gasteiger partial charge on any atom is -0.494 e. The zero-order valence-electron chi connectivity index (χ0n) is 19.3. The molecule has 4 aliphatic rings. The molecule has 33 heavy (non-hydrogen) atoms. The topological polar surface area (TPSA) is 53.4 Å². The SMILES string of the molecule is COC(=O)Cn1nc(-c2cccc(OCCC34CC5CC(CC(C5)C3)C4)c2)c2ccccc21. The van der Waals surface area contributed by atoms with Gasteiger partial charge in [0.1, 0.15) is 18.0 Å². The molecule has 5 heteroatoms. The first kappa shape index (κ1) is 20.8. The van der Waals surface area contributed by atoms with E-state index in [1.165, 1.54) is 52.1 Å². The summed E-state index contributed by atoms with van der Waals surface area (Å²) in [6, 6.07) is 16.2. The number of aromatic nitrogens is 2. The Morgan fingerprint density at radius 1 is 1.03 bits per heavy atom. The van der Waals surface area contributed by atoms with Crippen molar-refractivity contribution in [1.82, 2.24) is 9.78 Å². The highest BCUT2D eigenvalue weighted by Crippen LogP contribution is 2.61. The van der Waals surface area contributed by atoms with Crippen LogP contribution in [0, 0.1) is 23.2 Å². The van der Waals surface area contributed by atoms with Crippen LogP contribution in [-0.2, 0) is 16.1 Å². The van der Waals surface area contributed by atoms with Gasteiger partial charge in [-0.15, -0.1) is 0 Å². The number of benzene rings is 2. The molecule has 3 aromatic rings. The summed E-state index contributed by atoms with van der Waals surface area (Å²) in [7, 11) is 1.40. The maximum atomic E-state index is 11.9. The average Bonchev–Trinajstić information content (AvgIpc) is 3.17. The molecule has 0 atom stereocenters. The Bertz CT molecular complexity index is 1150. The number of methoxy groups -OCH3 is 1. The van der Waals surface area contributed by atoms with Crippen molar-refractivity contribution in [1.29, 1.82) is 0 Å². The maximum Gasteiger partial charge on any atom is 0.327 e. The number of carbonyl (C=O) groups excluding carboxylic acids is 1. The number of ether oxygens (including phenoxy) is 2. The third-order valence-electron chi connectivity index (χ3n) is 8.34. The van der Waals surface area contributed by atoms with Gasteiger partial charge in [-0.25, -0.2) is 0 Å². The molecule has 0 amide bonds. The Hall–Kier alpha value is -2.82. The van der Waals surface area contributed by atoms with E-state index in [0.717, 1.165) is 52.3 Å². The lowest BCUT2D eigenvalue weighted by atomic mass is 9.49. The Kier molecular flexibility index (Phi) is 5.16. The molecule has 172 valence electrons. The highest BCUT2D eigenvalue weighted by atomic mass is 16.5. The first-order chi connectivity index (χ1) is 16.1. The lowest BCUT2D eigenvalue weighted by Crippen LogP contribution is -2.46. The Labute approximate surface area is 195 Å². The highest BCUT2D eigenvalue weighted by molar-refractivity contribution is 5.94. The van der Waals surface area contributed by atoms with Gasteiger partial charge < -0.3 is 9.47 Å². The van der Waals surface area contributed by atoms with Crippen LogP contribution in [0.2, 0.25) is 0 Å². The lowest BCUT2D eigenvalue weighted by Gasteiger charge is -2.57. The van der Waals surface area contributed by atoms with Crippen LogP contribution in [0.1, 0.15) is 44.9 Å². The molecule has 1 heterocycles. The molecule has 0 saturated heterocycles. The Morgan fingerprint density at radius 3 is 2.48 bits per heavy atom. The summed E-state index contributed by atoms with van der Waals surface area (Å²) in [6.07, 6.45) is 9.90. The maximum absolute atomic E-state index is 11.9. The summed E-state index contributed by atoms with van der Waals surface area (Å²) in [5, 5.41) is 5.78. The minimum atomic E-state index is -0.309. The first-order valence-corrected chi connectivity index (χ1v) is 12.4. The van der Waals surface area contributed by atoms with E-state index in [1.54, 1.807) is 4.68 Å². The number of nitrogens with zero attached hydrogens (tertiary/aromatic N) is 2. The van der Waals surface area contributed by atoms with Crippen LogP contribution in [0.5, 0.6) is 5.75 Å². The lowest BCUT2D eigenvalue weighted by molar-refractivity contribution is -0.141. The van der Waals surface area contributed by atoms with E-state index in [9.17, 15) is 4.79 Å². The average molecular weight is 445 g/mol. The van der Waals surface area contributed by atoms with Crippen molar-refractivity contribution < 1.29 is 14.3 Å². The molecule has 0 radical (unpaired) electrons. The van der Waals surface area contributed by atoms with Crippen LogP contribution < -0.4 is 4.74 Å². The molecular formula is C28H32N2O3. The van der Waals surface area contributed by atoms with E-state index in [0.29, 0.717) is 5.41 Å². The number of carbonyl (C=O) groups is 1. The molecule has 0 aliphatic heterocycles. The van der Waals surface area contributed by atoms with E-state index in [4.69, 9.17) is 14.6 Å². The van der Waals surface area contributed by atoms with Crippen molar-refractivity contribution in [3.63, 3.8) is 0 Å². The van der Waals surface area contributed by atoms with Gasteiger partial charge in [0.2, 0.25) is 0 Å².